The molecule has 1 fully saturated rings. The first-order valence-electron chi connectivity index (χ1n) is 8.06. The number of aromatic amines is 1. The highest BCUT2D eigenvalue weighted by Gasteiger charge is 2.16. The van der Waals surface area contributed by atoms with Crippen LogP contribution in [0, 0.1) is 0 Å². The molecule has 3 heterocycles. The van der Waals surface area contributed by atoms with E-state index in [0.29, 0.717) is 12.2 Å². The molecule has 1 aromatic carbocycles. The second-order valence-corrected chi connectivity index (χ2v) is 5.91. The molecule has 1 atom stereocenters. The highest BCUT2D eigenvalue weighted by molar-refractivity contribution is 6.05. The van der Waals surface area contributed by atoms with E-state index in [9.17, 15) is 4.79 Å². The number of aromatic nitrogens is 3. The van der Waals surface area contributed by atoms with Gasteiger partial charge in [0.2, 0.25) is 0 Å². The summed E-state index contributed by atoms with van der Waals surface area (Å²) in [5, 5.41) is 10.9. The van der Waals surface area contributed by atoms with Crippen molar-refractivity contribution in [1.82, 2.24) is 14.8 Å². The minimum Gasteiger partial charge on any atom is -0.376 e. The van der Waals surface area contributed by atoms with Gasteiger partial charge >= 0.3 is 6.03 Å². The lowest BCUT2D eigenvalue weighted by Gasteiger charge is -2.09. The predicted octanol–water partition coefficient (Wildman–Crippen LogP) is 3.19. The summed E-state index contributed by atoms with van der Waals surface area (Å²) in [4.78, 5) is 15.3. The highest BCUT2D eigenvalue weighted by atomic mass is 16.5. The molecule has 0 spiro atoms. The van der Waals surface area contributed by atoms with Crippen LogP contribution in [0.5, 0.6) is 0 Å². The summed E-state index contributed by atoms with van der Waals surface area (Å²) in [7, 11) is 0. The Morgan fingerprint density at radius 1 is 1.38 bits per heavy atom. The van der Waals surface area contributed by atoms with E-state index in [1.165, 1.54) is 0 Å². The lowest BCUT2D eigenvalue weighted by Crippen LogP contribution is -2.19. The Hall–Kier alpha value is -2.80. The quantitative estimate of drug-likeness (QED) is 0.689. The van der Waals surface area contributed by atoms with Gasteiger partial charge in [0.15, 0.2) is 0 Å². The molecule has 4 rings (SSSR count). The summed E-state index contributed by atoms with van der Waals surface area (Å²) < 4.78 is 7.40. The zero-order chi connectivity index (χ0) is 16.4. The van der Waals surface area contributed by atoms with Gasteiger partial charge in [0.25, 0.3) is 0 Å². The Morgan fingerprint density at radius 3 is 3.21 bits per heavy atom. The minimum absolute atomic E-state index is 0.220. The normalized spacial score (nSPS) is 17.2. The van der Waals surface area contributed by atoms with Crippen LogP contribution in [-0.4, -0.2) is 33.5 Å². The summed E-state index contributed by atoms with van der Waals surface area (Å²) >= 11 is 0. The number of carbonyl (C=O) groups is 1. The molecule has 0 radical (unpaired) electrons. The fraction of sp³-hybridized carbons (Fsp3) is 0.294. The topological polar surface area (TPSA) is 84.0 Å². The van der Waals surface area contributed by atoms with E-state index < -0.39 is 0 Å². The van der Waals surface area contributed by atoms with Crippen LogP contribution in [-0.2, 0) is 11.3 Å². The molecular weight excluding hydrogens is 306 g/mol. The number of anilines is 2. The number of nitrogens with one attached hydrogen (secondary N) is 3. The Morgan fingerprint density at radius 2 is 2.33 bits per heavy atom. The number of carbonyl (C=O) groups excluding carboxylic acids is 1. The molecular formula is C17H19N5O2. The monoisotopic (exact) mass is 325 g/mol. The van der Waals surface area contributed by atoms with E-state index in [4.69, 9.17) is 4.74 Å². The van der Waals surface area contributed by atoms with Crippen molar-refractivity contribution in [3.8, 4) is 0 Å². The first-order chi connectivity index (χ1) is 11.8. The van der Waals surface area contributed by atoms with Crippen LogP contribution in [0.25, 0.3) is 10.9 Å². The minimum atomic E-state index is -0.291. The number of hydrogen-bond acceptors (Lipinski definition) is 3. The zero-order valence-electron chi connectivity index (χ0n) is 13.2. The van der Waals surface area contributed by atoms with E-state index in [1.54, 1.807) is 10.9 Å². The van der Waals surface area contributed by atoms with Crippen molar-refractivity contribution in [2.75, 3.05) is 17.2 Å². The number of fused-ring (bicyclic) bond motifs is 1. The number of ether oxygens (including phenoxy) is 1. The molecule has 3 N–H and O–H groups in total. The molecule has 24 heavy (non-hydrogen) atoms. The van der Waals surface area contributed by atoms with Crippen LogP contribution in [0.15, 0.2) is 42.9 Å². The summed E-state index contributed by atoms with van der Waals surface area (Å²) in [6.45, 7) is 1.54. The Bertz CT molecular complexity index is 847. The summed E-state index contributed by atoms with van der Waals surface area (Å²) in [6, 6.07) is 7.38. The standard InChI is InChI=1S/C17H19N5O2/c23-17(21-16-5-1-4-15-14(16)6-7-18-15)20-12-9-19-22(10-12)11-13-3-2-8-24-13/h1,4-7,9-10,13,18H,2-3,8,11H2,(H2,20,21,23). The third-order valence-corrected chi connectivity index (χ3v) is 4.15. The Labute approximate surface area is 139 Å². The molecule has 0 aliphatic carbocycles. The van der Waals surface area contributed by atoms with Gasteiger partial charge in [0.05, 0.1) is 30.2 Å². The smallest absolute Gasteiger partial charge is 0.323 e. The van der Waals surface area contributed by atoms with Gasteiger partial charge in [-0.3, -0.25) is 4.68 Å². The maximum Gasteiger partial charge on any atom is 0.323 e. The van der Waals surface area contributed by atoms with E-state index in [2.05, 4.69) is 20.7 Å². The molecule has 1 aliphatic rings. The van der Waals surface area contributed by atoms with Crippen LogP contribution < -0.4 is 10.6 Å². The molecule has 1 aliphatic heterocycles. The largest absolute Gasteiger partial charge is 0.376 e. The van der Waals surface area contributed by atoms with Crippen molar-refractivity contribution in [2.45, 2.75) is 25.5 Å². The fourth-order valence-electron chi connectivity index (χ4n) is 3.00. The van der Waals surface area contributed by atoms with Gasteiger partial charge in [-0.15, -0.1) is 0 Å². The SMILES string of the molecule is O=C(Nc1cnn(CC2CCCO2)c1)Nc1cccc2[nH]ccc12. The fourth-order valence-corrected chi connectivity index (χ4v) is 3.00. The Kier molecular flexibility index (Phi) is 3.92. The van der Waals surface area contributed by atoms with Gasteiger partial charge < -0.3 is 20.4 Å². The van der Waals surface area contributed by atoms with Gasteiger partial charge in [-0.2, -0.15) is 5.10 Å². The molecule has 2 aromatic heterocycles. The third-order valence-electron chi connectivity index (χ3n) is 4.15. The van der Waals surface area contributed by atoms with Crippen molar-refractivity contribution < 1.29 is 9.53 Å². The molecule has 1 unspecified atom stereocenters. The number of benzene rings is 1. The second-order valence-electron chi connectivity index (χ2n) is 5.91. The highest BCUT2D eigenvalue weighted by Crippen LogP contribution is 2.22. The average Bonchev–Trinajstić information content (AvgIpc) is 3.30. The number of H-pyrrole nitrogens is 1. The zero-order valence-corrected chi connectivity index (χ0v) is 13.2. The van der Waals surface area contributed by atoms with E-state index in [1.807, 2.05) is 36.7 Å². The molecule has 2 amide bonds. The third kappa shape index (κ3) is 3.11. The first-order valence-corrected chi connectivity index (χ1v) is 8.06. The van der Waals surface area contributed by atoms with Gasteiger partial charge in [-0.05, 0) is 31.0 Å². The van der Waals surface area contributed by atoms with Gasteiger partial charge in [-0.1, -0.05) is 6.07 Å². The van der Waals surface area contributed by atoms with Crippen LogP contribution in [0.2, 0.25) is 0 Å². The molecule has 7 heteroatoms. The number of hydrogen-bond donors (Lipinski definition) is 3. The van der Waals surface area contributed by atoms with Crippen molar-refractivity contribution in [1.29, 1.82) is 0 Å². The molecule has 0 saturated carbocycles. The van der Waals surface area contributed by atoms with Crippen molar-refractivity contribution in [3.05, 3.63) is 42.9 Å². The maximum absolute atomic E-state index is 12.2. The van der Waals surface area contributed by atoms with Crippen molar-refractivity contribution in [3.63, 3.8) is 0 Å². The molecule has 1 saturated heterocycles. The van der Waals surface area contributed by atoms with E-state index in [-0.39, 0.29) is 12.1 Å². The maximum atomic E-state index is 12.2. The van der Waals surface area contributed by atoms with Crippen molar-refractivity contribution in [2.24, 2.45) is 0 Å². The van der Waals surface area contributed by atoms with Crippen molar-refractivity contribution >= 4 is 28.3 Å². The van der Waals surface area contributed by atoms with Gasteiger partial charge in [0, 0.05) is 29.9 Å². The van der Waals surface area contributed by atoms with Crippen LogP contribution >= 0.6 is 0 Å². The molecule has 0 bridgehead atoms. The summed E-state index contributed by atoms with van der Waals surface area (Å²) in [5.41, 5.74) is 2.40. The van der Waals surface area contributed by atoms with Crippen LogP contribution in [0.3, 0.4) is 0 Å². The van der Waals surface area contributed by atoms with Gasteiger partial charge in [-0.25, -0.2) is 4.79 Å². The predicted molar refractivity (Wildman–Crippen MR) is 92.1 cm³/mol. The second kappa shape index (κ2) is 6.37. The first kappa shape index (κ1) is 14.8. The number of rotatable bonds is 4. The van der Waals surface area contributed by atoms with E-state index >= 15 is 0 Å². The lowest BCUT2D eigenvalue weighted by atomic mass is 10.2. The molecule has 7 nitrogen and oxygen atoms in total. The molecule has 124 valence electrons. The number of amides is 2. The number of urea groups is 1. The summed E-state index contributed by atoms with van der Waals surface area (Å²) in [5.74, 6) is 0. The van der Waals surface area contributed by atoms with E-state index in [0.717, 1.165) is 36.0 Å². The lowest BCUT2D eigenvalue weighted by molar-refractivity contribution is 0.0940. The number of nitrogens with zero attached hydrogens (tertiary/aromatic N) is 2. The van der Waals surface area contributed by atoms with Gasteiger partial charge in [0.1, 0.15) is 0 Å². The average molecular weight is 325 g/mol. The summed E-state index contributed by atoms with van der Waals surface area (Å²) in [6.07, 6.45) is 7.69. The molecule has 3 aromatic rings. The Balaban J connectivity index is 1.39. The van der Waals surface area contributed by atoms with Crippen LogP contribution in [0.4, 0.5) is 16.2 Å². The van der Waals surface area contributed by atoms with Crippen LogP contribution in [0.1, 0.15) is 12.8 Å².